The number of carbonyl (C=O) groups excluding carboxylic acids is 1. The fourth-order valence-electron chi connectivity index (χ4n) is 2.19. The molecule has 2 rings (SSSR count). The molecule has 0 N–H and O–H groups in total. The minimum absolute atomic E-state index is 0.00207. The van der Waals surface area contributed by atoms with Gasteiger partial charge in [-0.25, -0.2) is 12.8 Å². The highest BCUT2D eigenvalue weighted by atomic mass is 79.9. The van der Waals surface area contributed by atoms with Crippen LogP contribution in [0.1, 0.15) is 11.1 Å². The van der Waals surface area contributed by atoms with E-state index >= 15 is 0 Å². The van der Waals surface area contributed by atoms with Gasteiger partial charge in [0.2, 0.25) is 5.91 Å². The van der Waals surface area contributed by atoms with Gasteiger partial charge in [-0.2, -0.15) is 0 Å². The molecule has 0 aliphatic carbocycles. The van der Waals surface area contributed by atoms with Crippen molar-refractivity contribution in [3.8, 4) is 0 Å². The van der Waals surface area contributed by atoms with Crippen LogP contribution in [-0.4, -0.2) is 32.0 Å². The summed E-state index contributed by atoms with van der Waals surface area (Å²) in [5.41, 5.74) is 0.923. The molecule has 0 atom stereocenters. The van der Waals surface area contributed by atoms with Crippen LogP contribution in [0, 0.1) is 5.82 Å². The number of amides is 1. The van der Waals surface area contributed by atoms with Crippen LogP contribution < -0.4 is 0 Å². The summed E-state index contributed by atoms with van der Waals surface area (Å²) in [7, 11) is -2.16. The molecule has 0 saturated carbocycles. The second kappa shape index (κ2) is 8.42. The first-order chi connectivity index (χ1) is 11.7. The molecule has 0 spiro atoms. The Hall–Kier alpha value is -1.25. The molecular weight excluding hydrogens is 477 g/mol. The van der Waals surface area contributed by atoms with E-state index in [1.54, 1.807) is 36.4 Å². The van der Waals surface area contributed by atoms with E-state index < -0.39 is 27.3 Å². The number of sulfone groups is 1. The maximum Gasteiger partial charge on any atom is 0.237 e. The molecule has 0 heterocycles. The maximum absolute atomic E-state index is 13.8. The molecule has 0 unspecified atom stereocenters. The number of hydrogen-bond donors (Lipinski definition) is 0. The molecule has 0 bridgehead atoms. The van der Waals surface area contributed by atoms with Gasteiger partial charge in [0.1, 0.15) is 11.6 Å². The topological polar surface area (TPSA) is 54.5 Å². The number of halogens is 3. The number of benzene rings is 2. The highest BCUT2D eigenvalue weighted by molar-refractivity contribution is 9.10. The number of hydrogen-bond acceptors (Lipinski definition) is 3. The average molecular weight is 493 g/mol. The first-order valence-corrected chi connectivity index (χ1v) is 10.7. The Morgan fingerprint density at radius 3 is 2.32 bits per heavy atom. The fourth-order valence-corrected chi connectivity index (χ4v) is 4.26. The third-order valence-electron chi connectivity index (χ3n) is 3.48. The molecule has 1 amide bonds. The molecule has 0 aromatic heterocycles. The molecular formula is C17H16Br2FNO3S. The molecule has 2 aromatic carbocycles. The lowest BCUT2D eigenvalue weighted by molar-refractivity contribution is -0.127. The SMILES string of the molecule is CN(Cc1cc(Br)ccc1F)C(=O)CS(=O)(=O)Cc1ccc(Br)cc1. The molecule has 4 nitrogen and oxygen atoms in total. The molecule has 25 heavy (non-hydrogen) atoms. The predicted molar refractivity (Wildman–Crippen MR) is 102 cm³/mol. The van der Waals surface area contributed by atoms with Crippen molar-refractivity contribution < 1.29 is 17.6 Å². The highest BCUT2D eigenvalue weighted by Crippen LogP contribution is 2.17. The van der Waals surface area contributed by atoms with Crippen molar-refractivity contribution in [1.29, 1.82) is 0 Å². The normalized spacial score (nSPS) is 11.4. The van der Waals surface area contributed by atoms with Crippen molar-refractivity contribution in [2.45, 2.75) is 12.3 Å². The average Bonchev–Trinajstić information content (AvgIpc) is 2.52. The van der Waals surface area contributed by atoms with E-state index in [1.165, 1.54) is 18.0 Å². The Bertz CT molecular complexity index is 870. The minimum atomic E-state index is -3.61. The summed E-state index contributed by atoms with van der Waals surface area (Å²) in [6.45, 7) is -0.00207. The smallest absolute Gasteiger partial charge is 0.237 e. The van der Waals surface area contributed by atoms with Crippen LogP contribution in [0.4, 0.5) is 4.39 Å². The summed E-state index contributed by atoms with van der Waals surface area (Å²) in [5, 5.41) is 0. The van der Waals surface area contributed by atoms with Gasteiger partial charge < -0.3 is 4.90 Å². The first kappa shape index (κ1) is 20.1. The summed E-state index contributed by atoms with van der Waals surface area (Å²) in [6.07, 6.45) is 0. The number of nitrogens with zero attached hydrogens (tertiary/aromatic N) is 1. The van der Waals surface area contributed by atoms with Gasteiger partial charge in [0.05, 0.1) is 5.75 Å². The van der Waals surface area contributed by atoms with Crippen LogP contribution in [0.5, 0.6) is 0 Å². The molecule has 8 heteroatoms. The van der Waals surface area contributed by atoms with Crippen molar-refractivity contribution in [3.63, 3.8) is 0 Å². The molecule has 0 aliphatic rings. The van der Waals surface area contributed by atoms with E-state index in [9.17, 15) is 17.6 Å². The van der Waals surface area contributed by atoms with Gasteiger partial charge in [-0.1, -0.05) is 44.0 Å². The second-order valence-electron chi connectivity index (χ2n) is 5.64. The van der Waals surface area contributed by atoms with Gasteiger partial charge in [0.15, 0.2) is 9.84 Å². The van der Waals surface area contributed by atoms with Crippen molar-refractivity contribution in [1.82, 2.24) is 4.90 Å². The molecule has 0 aliphatic heterocycles. The van der Waals surface area contributed by atoms with Crippen LogP contribution in [-0.2, 0) is 26.9 Å². The Morgan fingerprint density at radius 2 is 1.68 bits per heavy atom. The minimum Gasteiger partial charge on any atom is -0.340 e. The van der Waals surface area contributed by atoms with E-state index in [1.807, 2.05) is 0 Å². The van der Waals surface area contributed by atoms with Crippen molar-refractivity contribution in [3.05, 3.63) is 68.4 Å². The molecule has 2 aromatic rings. The Balaban J connectivity index is 2.01. The van der Waals surface area contributed by atoms with Gasteiger partial charge in [0, 0.05) is 28.1 Å². The summed E-state index contributed by atoms with van der Waals surface area (Å²) in [6, 6.07) is 11.3. The standard InChI is InChI=1S/C17H16Br2FNO3S/c1-21(9-13-8-15(19)6-7-16(13)20)17(22)11-25(23,24)10-12-2-4-14(18)5-3-12/h2-8H,9-11H2,1H3. The van der Waals surface area contributed by atoms with Crippen LogP contribution in [0.2, 0.25) is 0 Å². The zero-order chi connectivity index (χ0) is 18.6. The number of carbonyl (C=O) groups is 1. The Labute approximate surface area is 163 Å². The highest BCUT2D eigenvalue weighted by Gasteiger charge is 2.21. The van der Waals surface area contributed by atoms with Crippen LogP contribution in [0.25, 0.3) is 0 Å². The third-order valence-corrected chi connectivity index (χ3v) is 5.97. The van der Waals surface area contributed by atoms with E-state index in [-0.39, 0.29) is 12.3 Å². The quantitative estimate of drug-likeness (QED) is 0.614. The Morgan fingerprint density at radius 1 is 1.08 bits per heavy atom. The summed E-state index contributed by atoms with van der Waals surface area (Å²) in [5.74, 6) is -1.85. The molecule has 134 valence electrons. The fraction of sp³-hybridized carbons (Fsp3) is 0.235. The van der Waals surface area contributed by atoms with E-state index in [0.29, 0.717) is 15.6 Å². The van der Waals surface area contributed by atoms with Gasteiger partial charge in [-0.3, -0.25) is 4.79 Å². The summed E-state index contributed by atoms with van der Waals surface area (Å²) < 4.78 is 39.8. The van der Waals surface area contributed by atoms with E-state index in [4.69, 9.17) is 0 Å². The summed E-state index contributed by atoms with van der Waals surface area (Å²) in [4.78, 5) is 13.4. The van der Waals surface area contributed by atoms with Gasteiger partial charge >= 0.3 is 0 Å². The second-order valence-corrected chi connectivity index (χ2v) is 9.54. The number of rotatable bonds is 6. The monoisotopic (exact) mass is 491 g/mol. The van der Waals surface area contributed by atoms with Crippen LogP contribution in [0.15, 0.2) is 51.4 Å². The molecule has 0 fully saturated rings. The van der Waals surface area contributed by atoms with Gasteiger partial charge in [-0.15, -0.1) is 0 Å². The van der Waals surface area contributed by atoms with Crippen molar-refractivity contribution in [2.75, 3.05) is 12.8 Å². The third kappa shape index (κ3) is 6.20. The van der Waals surface area contributed by atoms with Crippen LogP contribution >= 0.6 is 31.9 Å². The van der Waals surface area contributed by atoms with Gasteiger partial charge in [-0.05, 0) is 35.9 Å². The largest absolute Gasteiger partial charge is 0.340 e. The zero-order valence-electron chi connectivity index (χ0n) is 13.4. The molecule has 0 radical (unpaired) electrons. The molecule has 0 saturated heterocycles. The van der Waals surface area contributed by atoms with Crippen molar-refractivity contribution >= 4 is 47.6 Å². The maximum atomic E-state index is 13.8. The first-order valence-electron chi connectivity index (χ1n) is 7.29. The van der Waals surface area contributed by atoms with E-state index in [0.717, 1.165) is 4.47 Å². The van der Waals surface area contributed by atoms with Crippen molar-refractivity contribution in [2.24, 2.45) is 0 Å². The van der Waals surface area contributed by atoms with Crippen LogP contribution in [0.3, 0.4) is 0 Å². The summed E-state index contributed by atoms with van der Waals surface area (Å²) >= 11 is 6.53. The van der Waals surface area contributed by atoms with Gasteiger partial charge in [0.25, 0.3) is 0 Å². The lowest BCUT2D eigenvalue weighted by atomic mass is 10.2. The lowest BCUT2D eigenvalue weighted by Crippen LogP contribution is -2.32. The lowest BCUT2D eigenvalue weighted by Gasteiger charge is -2.18. The Kier molecular flexibility index (Phi) is 6.76. The predicted octanol–water partition coefficient (Wildman–Crippen LogP) is 3.92. The van der Waals surface area contributed by atoms with E-state index in [2.05, 4.69) is 31.9 Å². The zero-order valence-corrected chi connectivity index (χ0v) is 17.4.